The molecule has 1 fully saturated rings. The largest absolute Gasteiger partial charge is 0.480 e. The molecule has 0 atom stereocenters. The average molecular weight is 242 g/mol. The molecule has 1 amide bonds. The Balaban J connectivity index is 2.32. The van der Waals surface area contributed by atoms with Crippen molar-refractivity contribution in [2.45, 2.75) is 32.6 Å². The Labute approximate surface area is 102 Å². The van der Waals surface area contributed by atoms with Gasteiger partial charge in [-0.2, -0.15) is 0 Å². The lowest BCUT2D eigenvalue weighted by atomic mass is 10.3. The van der Waals surface area contributed by atoms with E-state index in [9.17, 15) is 9.59 Å². The highest BCUT2D eigenvalue weighted by Gasteiger charge is 2.18. The van der Waals surface area contributed by atoms with Crippen LogP contribution in [0.2, 0.25) is 0 Å². The Morgan fingerprint density at radius 3 is 2.47 bits per heavy atom. The predicted octanol–water partition coefficient (Wildman–Crippen LogP) is 0.795. The number of nitrogens with zero attached hydrogens (tertiary/aromatic N) is 2. The minimum atomic E-state index is -0.937. The summed E-state index contributed by atoms with van der Waals surface area (Å²) in [7, 11) is 0. The van der Waals surface area contributed by atoms with Gasteiger partial charge in [0.15, 0.2) is 0 Å². The Kier molecular flexibility index (Phi) is 5.97. The smallest absolute Gasteiger partial charge is 0.323 e. The molecule has 1 rings (SSSR count). The topological polar surface area (TPSA) is 60.9 Å². The molecule has 0 spiro atoms. The van der Waals surface area contributed by atoms with Crippen LogP contribution in [0.25, 0.3) is 0 Å². The van der Waals surface area contributed by atoms with Gasteiger partial charge in [-0.15, -0.1) is 0 Å². The molecule has 1 N–H and O–H groups in total. The van der Waals surface area contributed by atoms with E-state index in [-0.39, 0.29) is 12.5 Å². The van der Waals surface area contributed by atoms with E-state index in [0.717, 1.165) is 26.1 Å². The molecule has 0 aromatic rings. The van der Waals surface area contributed by atoms with Crippen molar-refractivity contribution >= 4 is 11.9 Å². The molecule has 0 aliphatic carbocycles. The molecule has 0 bridgehead atoms. The third-order valence-corrected chi connectivity index (χ3v) is 3.01. The maximum atomic E-state index is 11.9. The summed E-state index contributed by atoms with van der Waals surface area (Å²) in [5.41, 5.74) is 0. The van der Waals surface area contributed by atoms with Crippen molar-refractivity contribution in [1.82, 2.24) is 9.80 Å². The number of hydrogen-bond donors (Lipinski definition) is 1. The molecule has 1 saturated heterocycles. The third kappa shape index (κ3) is 5.17. The van der Waals surface area contributed by atoms with E-state index < -0.39 is 5.97 Å². The Hall–Kier alpha value is -1.10. The Bertz CT molecular complexity index is 262. The molecule has 1 aliphatic heterocycles. The summed E-state index contributed by atoms with van der Waals surface area (Å²) in [6, 6.07) is 0. The SMILES string of the molecule is CCCN(CC(=O)O)C(=O)CCN1CCCC1. The van der Waals surface area contributed by atoms with Crippen LogP contribution in [-0.2, 0) is 9.59 Å². The zero-order valence-corrected chi connectivity index (χ0v) is 10.5. The summed E-state index contributed by atoms with van der Waals surface area (Å²) in [6.07, 6.45) is 3.65. The number of carbonyl (C=O) groups excluding carboxylic acids is 1. The monoisotopic (exact) mass is 242 g/mol. The fourth-order valence-corrected chi connectivity index (χ4v) is 2.14. The number of carbonyl (C=O) groups is 2. The molecule has 5 heteroatoms. The predicted molar refractivity (Wildman–Crippen MR) is 64.8 cm³/mol. The van der Waals surface area contributed by atoms with Crippen molar-refractivity contribution in [2.24, 2.45) is 0 Å². The first-order valence-corrected chi connectivity index (χ1v) is 6.35. The summed E-state index contributed by atoms with van der Waals surface area (Å²) in [5, 5.41) is 8.73. The van der Waals surface area contributed by atoms with Crippen molar-refractivity contribution in [2.75, 3.05) is 32.7 Å². The summed E-state index contributed by atoms with van der Waals surface area (Å²) < 4.78 is 0. The average Bonchev–Trinajstić information content (AvgIpc) is 2.77. The number of rotatable bonds is 7. The van der Waals surface area contributed by atoms with Crippen LogP contribution in [0.4, 0.5) is 0 Å². The van der Waals surface area contributed by atoms with E-state index in [0.29, 0.717) is 13.0 Å². The van der Waals surface area contributed by atoms with E-state index in [2.05, 4.69) is 4.90 Å². The van der Waals surface area contributed by atoms with Crippen LogP contribution in [0.15, 0.2) is 0 Å². The van der Waals surface area contributed by atoms with Crippen LogP contribution >= 0.6 is 0 Å². The van der Waals surface area contributed by atoms with E-state index >= 15 is 0 Å². The lowest BCUT2D eigenvalue weighted by Crippen LogP contribution is -2.38. The van der Waals surface area contributed by atoms with Gasteiger partial charge in [-0.25, -0.2) is 0 Å². The normalized spacial score (nSPS) is 16.1. The van der Waals surface area contributed by atoms with Gasteiger partial charge in [0, 0.05) is 19.5 Å². The number of carboxylic acid groups (broad SMARTS) is 1. The van der Waals surface area contributed by atoms with E-state index in [1.165, 1.54) is 17.7 Å². The number of amides is 1. The van der Waals surface area contributed by atoms with Crippen LogP contribution in [0.5, 0.6) is 0 Å². The van der Waals surface area contributed by atoms with E-state index in [4.69, 9.17) is 5.11 Å². The van der Waals surface area contributed by atoms with Crippen LogP contribution in [0, 0.1) is 0 Å². The molecule has 0 radical (unpaired) electrons. The van der Waals surface area contributed by atoms with Gasteiger partial charge in [0.05, 0.1) is 0 Å². The maximum Gasteiger partial charge on any atom is 0.323 e. The van der Waals surface area contributed by atoms with Gasteiger partial charge < -0.3 is 14.9 Å². The number of aliphatic carboxylic acids is 1. The molecular weight excluding hydrogens is 220 g/mol. The number of hydrogen-bond acceptors (Lipinski definition) is 3. The molecule has 0 aromatic heterocycles. The van der Waals surface area contributed by atoms with Crippen LogP contribution in [0.3, 0.4) is 0 Å². The van der Waals surface area contributed by atoms with Gasteiger partial charge in [-0.05, 0) is 32.4 Å². The minimum absolute atomic E-state index is 0.0406. The Morgan fingerprint density at radius 2 is 1.94 bits per heavy atom. The van der Waals surface area contributed by atoms with Gasteiger partial charge in [-0.3, -0.25) is 9.59 Å². The third-order valence-electron chi connectivity index (χ3n) is 3.01. The van der Waals surface area contributed by atoms with Crippen molar-refractivity contribution in [3.8, 4) is 0 Å². The zero-order valence-electron chi connectivity index (χ0n) is 10.5. The molecule has 5 nitrogen and oxygen atoms in total. The van der Waals surface area contributed by atoms with Crippen molar-refractivity contribution in [3.05, 3.63) is 0 Å². The van der Waals surface area contributed by atoms with Crippen LogP contribution < -0.4 is 0 Å². The standard InChI is InChI=1S/C12H22N2O3/c1-2-6-14(10-12(16)17)11(15)5-9-13-7-3-4-8-13/h2-10H2,1H3,(H,16,17). The zero-order chi connectivity index (χ0) is 12.7. The molecule has 98 valence electrons. The van der Waals surface area contributed by atoms with Gasteiger partial charge in [-0.1, -0.05) is 6.92 Å². The summed E-state index contributed by atoms with van der Waals surface area (Å²) in [4.78, 5) is 26.2. The molecule has 0 aromatic carbocycles. The second kappa shape index (κ2) is 7.27. The highest BCUT2D eigenvalue weighted by molar-refractivity contribution is 5.81. The lowest BCUT2D eigenvalue weighted by molar-refractivity contribution is -0.144. The molecule has 0 unspecified atom stereocenters. The summed E-state index contributed by atoms with van der Waals surface area (Å²) in [5.74, 6) is -0.978. The molecule has 1 heterocycles. The van der Waals surface area contributed by atoms with Crippen molar-refractivity contribution in [3.63, 3.8) is 0 Å². The van der Waals surface area contributed by atoms with Gasteiger partial charge in [0.25, 0.3) is 0 Å². The first kappa shape index (κ1) is 14.0. The molecule has 17 heavy (non-hydrogen) atoms. The fourth-order valence-electron chi connectivity index (χ4n) is 2.14. The van der Waals surface area contributed by atoms with E-state index in [1.54, 1.807) is 0 Å². The lowest BCUT2D eigenvalue weighted by Gasteiger charge is -2.21. The first-order valence-electron chi connectivity index (χ1n) is 6.35. The van der Waals surface area contributed by atoms with E-state index in [1.807, 2.05) is 6.92 Å². The molecular formula is C12H22N2O3. The number of carboxylic acids is 1. The Morgan fingerprint density at radius 1 is 1.29 bits per heavy atom. The van der Waals surface area contributed by atoms with Gasteiger partial charge in [0.2, 0.25) is 5.91 Å². The van der Waals surface area contributed by atoms with Gasteiger partial charge >= 0.3 is 5.97 Å². The van der Waals surface area contributed by atoms with Crippen LogP contribution in [0.1, 0.15) is 32.6 Å². The van der Waals surface area contributed by atoms with Crippen molar-refractivity contribution < 1.29 is 14.7 Å². The highest BCUT2D eigenvalue weighted by atomic mass is 16.4. The quantitative estimate of drug-likeness (QED) is 0.717. The fraction of sp³-hybridized carbons (Fsp3) is 0.833. The second-order valence-corrected chi connectivity index (χ2v) is 4.51. The molecule has 1 aliphatic rings. The summed E-state index contributed by atoms with van der Waals surface area (Å²) in [6.45, 7) is 5.21. The summed E-state index contributed by atoms with van der Waals surface area (Å²) >= 11 is 0. The number of likely N-dealkylation sites (tertiary alicyclic amines) is 1. The maximum absolute atomic E-state index is 11.9. The van der Waals surface area contributed by atoms with Gasteiger partial charge in [0.1, 0.15) is 6.54 Å². The second-order valence-electron chi connectivity index (χ2n) is 4.51. The minimum Gasteiger partial charge on any atom is -0.480 e. The molecule has 0 saturated carbocycles. The van der Waals surface area contributed by atoms with Crippen LogP contribution in [-0.4, -0.2) is 59.5 Å². The first-order chi connectivity index (χ1) is 8.13. The van der Waals surface area contributed by atoms with Crippen molar-refractivity contribution in [1.29, 1.82) is 0 Å². The highest BCUT2D eigenvalue weighted by Crippen LogP contribution is 2.08.